The standard InChI is InChI=1S/C28H27FN4O6S/c1-32(2)24(34)16-33(40(3,38)39)21-10-8-20(9-11-21)30-27(18-6-4-5-17(13-18)14-25(35)36)26-22-12-7-19(29)15-23(22)31-28(26)37/h4-13,15,31,37H,14,16H2,1-3H3,(H,35,36). The minimum Gasteiger partial charge on any atom is -0.494 e. The lowest BCUT2D eigenvalue weighted by Crippen LogP contribution is -2.39. The Bertz CT molecular complexity index is 1730. The molecule has 0 atom stereocenters. The number of carbonyl (C=O) groups excluding carboxylic acids is 1. The molecule has 0 radical (unpaired) electrons. The van der Waals surface area contributed by atoms with Crippen molar-refractivity contribution < 1.29 is 32.6 Å². The fraction of sp³-hybridized carbons (Fsp3) is 0.179. The summed E-state index contributed by atoms with van der Waals surface area (Å²) in [6.07, 6.45) is 0.779. The van der Waals surface area contributed by atoms with E-state index >= 15 is 0 Å². The van der Waals surface area contributed by atoms with Crippen LogP contribution in [0.25, 0.3) is 10.9 Å². The highest BCUT2D eigenvalue weighted by Crippen LogP contribution is 2.32. The van der Waals surface area contributed by atoms with E-state index in [0.717, 1.165) is 10.6 Å². The summed E-state index contributed by atoms with van der Waals surface area (Å²) in [5, 5.41) is 20.6. The number of aromatic hydroxyl groups is 1. The highest BCUT2D eigenvalue weighted by Gasteiger charge is 2.23. The summed E-state index contributed by atoms with van der Waals surface area (Å²) in [5.41, 5.74) is 2.54. The van der Waals surface area contributed by atoms with E-state index in [4.69, 9.17) is 4.99 Å². The molecule has 40 heavy (non-hydrogen) atoms. The summed E-state index contributed by atoms with van der Waals surface area (Å²) in [7, 11) is -0.715. The van der Waals surface area contributed by atoms with Crippen LogP contribution in [0, 0.1) is 5.82 Å². The van der Waals surface area contributed by atoms with Gasteiger partial charge in [-0.1, -0.05) is 18.2 Å². The first-order valence-electron chi connectivity index (χ1n) is 12.0. The van der Waals surface area contributed by atoms with Crippen LogP contribution < -0.4 is 4.31 Å². The zero-order valence-electron chi connectivity index (χ0n) is 21.9. The highest BCUT2D eigenvalue weighted by atomic mass is 32.2. The first-order valence-corrected chi connectivity index (χ1v) is 13.9. The minimum atomic E-state index is -3.77. The van der Waals surface area contributed by atoms with Gasteiger partial charge in [0.25, 0.3) is 0 Å². The largest absolute Gasteiger partial charge is 0.494 e. The lowest BCUT2D eigenvalue weighted by molar-refractivity contribution is -0.136. The molecule has 1 aromatic heterocycles. The first kappa shape index (κ1) is 28.3. The van der Waals surface area contributed by atoms with Crippen molar-refractivity contribution in [3.63, 3.8) is 0 Å². The molecule has 0 aliphatic carbocycles. The molecule has 4 aromatic rings. The normalized spacial score (nSPS) is 11.9. The number of carboxylic acids is 1. The molecule has 0 aliphatic heterocycles. The number of hydrogen-bond acceptors (Lipinski definition) is 6. The van der Waals surface area contributed by atoms with Crippen molar-refractivity contribution in [2.24, 2.45) is 4.99 Å². The van der Waals surface area contributed by atoms with Gasteiger partial charge in [-0.05, 0) is 54.1 Å². The maximum absolute atomic E-state index is 13.9. The second-order valence-electron chi connectivity index (χ2n) is 9.34. The SMILES string of the molecule is CN(C)C(=O)CN(c1ccc(N=C(c2cccc(CC(=O)O)c2)c2c(O)[nH]c3cc(F)ccc23)cc1)S(C)(=O)=O. The van der Waals surface area contributed by atoms with E-state index in [1.54, 1.807) is 36.4 Å². The van der Waals surface area contributed by atoms with Crippen molar-refractivity contribution in [3.05, 3.63) is 89.2 Å². The van der Waals surface area contributed by atoms with Crippen LogP contribution in [0.15, 0.2) is 71.7 Å². The Morgan fingerprint density at radius 2 is 1.73 bits per heavy atom. The fourth-order valence-corrected chi connectivity index (χ4v) is 5.00. The van der Waals surface area contributed by atoms with Gasteiger partial charge in [0.2, 0.25) is 15.9 Å². The van der Waals surface area contributed by atoms with E-state index in [2.05, 4.69) is 4.98 Å². The van der Waals surface area contributed by atoms with Gasteiger partial charge < -0.3 is 20.1 Å². The number of aliphatic imine (C=N–C) groups is 1. The molecule has 0 saturated heterocycles. The molecule has 4 rings (SSSR count). The third-order valence-electron chi connectivity index (χ3n) is 6.09. The van der Waals surface area contributed by atoms with Gasteiger partial charge in [-0.2, -0.15) is 0 Å². The number of benzene rings is 3. The molecular weight excluding hydrogens is 539 g/mol. The molecular formula is C28H27FN4O6S. The van der Waals surface area contributed by atoms with Crippen LogP contribution in [0.4, 0.5) is 15.8 Å². The molecule has 0 spiro atoms. The number of fused-ring (bicyclic) bond motifs is 1. The molecule has 0 fully saturated rings. The molecule has 1 amide bonds. The van der Waals surface area contributed by atoms with Crippen molar-refractivity contribution in [2.45, 2.75) is 6.42 Å². The van der Waals surface area contributed by atoms with Gasteiger partial charge in [0.1, 0.15) is 12.4 Å². The Labute approximate surface area is 230 Å². The average molecular weight is 567 g/mol. The first-order chi connectivity index (χ1) is 18.8. The summed E-state index contributed by atoms with van der Waals surface area (Å²) in [4.78, 5) is 32.3. The number of anilines is 1. The molecule has 3 N–H and O–H groups in total. The van der Waals surface area contributed by atoms with Crippen LogP contribution in [-0.2, 0) is 26.0 Å². The Balaban J connectivity index is 1.84. The Hall–Kier alpha value is -4.71. The second kappa shape index (κ2) is 11.2. The predicted molar refractivity (Wildman–Crippen MR) is 150 cm³/mol. The summed E-state index contributed by atoms with van der Waals surface area (Å²) >= 11 is 0. The van der Waals surface area contributed by atoms with Gasteiger partial charge in [0.15, 0.2) is 5.88 Å². The summed E-state index contributed by atoms with van der Waals surface area (Å²) in [6.45, 7) is -0.379. The molecule has 3 aromatic carbocycles. The lowest BCUT2D eigenvalue weighted by Gasteiger charge is -2.23. The maximum Gasteiger partial charge on any atom is 0.307 e. The van der Waals surface area contributed by atoms with Gasteiger partial charge in [-0.3, -0.25) is 13.9 Å². The monoisotopic (exact) mass is 566 g/mol. The number of halogens is 1. The van der Waals surface area contributed by atoms with E-state index in [1.807, 2.05) is 0 Å². The van der Waals surface area contributed by atoms with Gasteiger partial charge in [-0.15, -0.1) is 0 Å². The molecule has 0 aliphatic rings. The molecule has 12 heteroatoms. The number of carboxylic acid groups (broad SMARTS) is 1. The third-order valence-corrected chi connectivity index (χ3v) is 7.23. The Kier molecular flexibility index (Phi) is 7.91. The van der Waals surface area contributed by atoms with E-state index in [1.165, 1.54) is 49.3 Å². The van der Waals surface area contributed by atoms with Crippen LogP contribution in [0.1, 0.15) is 16.7 Å². The number of nitrogens with one attached hydrogen (secondary N) is 1. The van der Waals surface area contributed by atoms with E-state index in [0.29, 0.717) is 27.7 Å². The van der Waals surface area contributed by atoms with E-state index in [-0.39, 0.29) is 35.8 Å². The number of H-pyrrole nitrogens is 1. The number of carbonyl (C=O) groups is 2. The van der Waals surface area contributed by atoms with Crippen LogP contribution in [0.3, 0.4) is 0 Å². The molecule has 0 unspecified atom stereocenters. The van der Waals surface area contributed by atoms with E-state index in [9.17, 15) is 32.6 Å². The second-order valence-corrected chi connectivity index (χ2v) is 11.3. The number of likely N-dealkylation sites (N-methyl/N-ethyl adjacent to an activating group) is 1. The topological polar surface area (TPSA) is 143 Å². The number of nitrogens with zero attached hydrogens (tertiary/aromatic N) is 3. The van der Waals surface area contributed by atoms with Crippen LogP contribution in [0.2, 0.25) is 0 Å². The number of rotatable bonds is 9. The summed E-state index contributed by atoms with van der Waals surface area (Å²) in [5.74, 6) is -2.17. The molecule has 0 saturated carbocycles. The Morgan fingerprint density at radius 1 is 1.02 bits per heavy atom. The number of sulfonamides is 1. The molecule has 208 valence electrons. The van der Waals surface area contributed by atoms with Crippen molar-refractivity contribution in [3.8, 4) is 5.88 Å². The zero-order valence-corrected chi connectivity index (χ0v) is 22.7. The van der Waals surface area contributed by atoms with Crippen molar-refractivity contribution in [1.82, 2.24) is 9.88 Å². The Morgan fingerprint density at radius 3 is 2.35 bits per heavy atom. The number of amides is 1. The quantitative estimate of drug-likeness (QED) is 0.264. The van der Waals surface area contributed by atoms with Crippen LogP contribution in [0.5, 0.6) is 5.88 Å². The number of hydrogen-bond donors (Lipinski definition) is 3. The van der Waals surface area contributed by atoms with Gasteiger partial charge in [0.05, 0.1) is 40.8 Å². The number of aromatic amines is 1. The molecule has 10 nitrogen and oxygen atoms in total. The highest BCUT2D eigenvalue weighted by molar-refractivity contribution is 7.92. The number of aliphatic carboxylic acids is 1. The smallest absolute Gasteiger partial charge is 0.307 e. The van der Waals surface area contributed by atoms with Crippen LogP contribution >= 0.6 is 0 Å². The molecule has 1 heterocycles. The zero-order chi connectivity index (χ0) is 29.2. The van der Waals surface area contributed by atoms with Crippen LogP contribution in [-0.4, -0.2) is 73.0 Å². The third kappa shape index (κ3) is 6.29. The van der Waals surface area contributed by atoms with Gasteiger partial charge >= 0.3 is 5.97 Å². The minimum absolute atomic E-state index is 0.228. The number of aromatic nitrogens is 1. The van der Waals surface area contributed by atoms with Gasteiger partial charge in [0, 0.05) is 25.0 Å². The summed E-state index contributed by atoms with van der Waals surface area (Å²) in [6, 6.07) is 16.8. The van der Waals surface area contributed by atoms with Crippen molar-refractivity contribution in [2.75, 3.05) is 31.2 Å². The lowest BCUT2D eigenvalue weighted by atomic mass is 9.98. The maximum atomic E-state index is 13.9. The predicted octanol–water partition coefficient (Wildman–Crippen LogP) is 3.66. The molecule has 0 bridgehead atoms. The fourth-order valence-electron chi connectivity index (χ4n) is 4.15. The van der Waals surface area contributed by atoms with Crippen molar-refractivity contribution in [1.29, 1.82) is 0 Å². The summed E-state index contributed by atoms with van der Waals surface area (Å²) < 4.78 is 39.7. The van der Waals surface area contributed by atoms with Crippen molar-refractivity contribution >= 4 is 49.9 Å². The van der Waals surface area contributed by atoms with Gasteiger partial charge in [-0.25, -0.2) is 17.8 Å². The average Bonchev–Trinajstić information content (AvgIpc) is 3.19. The van der Waals surface area contributed by atoms with E-state index < -0.39 is 27.7 Å².